The Labute approximate surface area is 315 Å². The van der Waals surface area contributed by atoms with Gasteiger partial charge in [0.25, 0.3) is 17.7 Å². The lowest BCUT2D eigenvalue weighted by Crippen LogP contribution is -2.46. The molecule has 0 saturated heterocycles. The summed E-state index contributed by atoms with van der Waals surface area (Å²) in [5.74, 6) is -1.38. The molecule has 1 aliphatic rings. The van der Waals surface area contributed by atoms with Crippen molar-refractivity contribution in [3.05, 3.63) is 122 Å². The second-order valence-corrected chi connectivity index (χ2v) is 14.3. The molecule has 2 aromatic heterocycles. The molecular formula is C40H42IN5O6. The quantitative estimate of drug-likeness (QED) is 0.109. The third-order valence-corrected chi connectivity index (χ3v) is 10.1. The molecule has 6 rings (SSSR count). The number of halogens is 1. The Balaban J connectivity index is 1.39. The predicted octanol–water partition coefficient (Wildman–Crippen LogP) is 6.47. The Bertz CT molecular complexity index is 2190. The number of amides is 3. The van der Waals surface area contributed by atoms with Crippen LogP contribution < -0.4 is 10.7 Å². The molecule has 3 aromatic carbocycles. The van der Waals surface area contributed by atoms with Gasteiger partial charge in [0.1, 0.15) is 5.58 Å². The number of aliphatic hydroxyl groups is 1. The first-order valence-electron chi connectivity index (χ1n) is 17.5. The number of carbonyl (C=O) groups excluding carboxylic acids is 3. The number of fused-ring (bicyclic) bond motifs is 2. The zero-order valence-corrected chi connectivity index (χ0v) is 31.7. The number of nitrogens with one attached hydrogen (secondary N) is 1. The maximum atomic E-state index is 14.6. The molecule has 5 aromatic rings. The SMILES string of the molecule is CCCCN(CCCI)C(=O)c1cc(C)n(-c2ccc(NC(=O)c3cc(=O)c4cc(C)ccc4o3)cc2C(=O)N2Cc3ccccc3C[C@H]2CO)n1. The Morgan fingerprint density at radius 1 is 1.00 bits per heavy atom. The van der Waals surface area contributed by atoms with E-state index in [9.17, 15) is 24.3 Å². The van der Waals surface area contributed by atoms with Gasteiger partial charge in [0.05, 0.1) is 29.3 Å². The smallest absolute Gasteiger partial charge is 0.291 e. The molecule has 1 atom stereocenters. The van der Waals surface area contributed by atoms with E-state index >= 15 is 0 Å². The zero-order chi connectivity index (χ0) is 36.9. The average molecular weight is 816 g/mol. The molecule has 270 valence electrons. The molecule has 3 heterocycles. The number of carbonyl (C=O) groups is 3. The number of hydrogen-bond acceptors (Lipinski definition) is 7. The first-order valence-corrected chi connectivity index (χ1v) is 19.0. The fourth-order valence-electron chi connectivity index (χ4n) is 6.59. The third kappa shape index (κ3) is 7.82. The average Bonchev–Trinajstić information content (AvgIpc) is 3.54. The number of hydrogen-bond donors (Lipinski definition) is 2. The van der Waals surface area contributed by atoms with E-state index < -0.39 is 11.9 Å². The highest BCUT2D eigenvalue weighted by Crippen LogP contribution is 2.29. The van der Waals surface area contributed by atoms with E-state index in [1.165, 1.54) is 0 Å². The molecule has 3 amide bonds. The number of unbranched alkanes of at least 4 members (excludes halogenated alkanes) is 1. The highest BCUT2D eigenvalue weighted by molar-refractivity contribution is 14.1. The number of anilines is 1. The number of rotatable bonds is 12. The standard InChI is InChI=1S/C40H42IN5O6/c1-4-5-16-44(17-8-15-41)40(51)33-19-26(3)46(43-33)34-13-12-29(42-38(49)37-22-35(48)32-18-25(2)11-14-36(32)52-37)21-31(34)39(50)45-23-28-10-7-6-9-27(28)20-30(45)24-47/h6-7,9-14,18-19,21-22,30,47H,4-5,8,15-17,20,23-24H2,1-3H3,(H,42,49)/t30-/m0/s1. The van der Waals surface area contributed by atoms with Crippen LogP contribution in [0.1, 0.15) is 80.0 Å². The van der Waals surface area contributed by atoms with E-state index in [0.717, 1.165) is 46.4 Å². The highest BCUT2D eigenvalue weighted by atomic mass is 127. The lowest BCUT2D eigenvalue weighted by molar-refractivity contribution is 0.0544. The normalized spacial score (nSPS) is 13.9. The molecule has 11 nitrogen and oxygen atoms in total. The highest BCUT2D eigenvalue weighted by Gasteiger charge is 2.32. The fraction of sp³-hybridized carbons (Fsp3) is 0.325. The van der Waals surface area contributed by atoms with E-state index in [1.807, 2.05) is 43.0 Å². The van der Waals surface area contributed by atoms with Crippen LogP contribution in [0.5, 0.6) is 0 Å². The van der Waals surface area contributed by atoms with Crippen LogP contribution >= 0.6 is 22.6 Å². The van der Waals surface area contributed by atoms with Crippen molar-refractivity contribution in [3.8, 4) is 5.69 Å². The van der Waals surface area contributed by atoms with Crippen LogP contribution in [-0.2, 0) is 13.0 Å². The molecule has 0 spiro atoms. The first-order chi connectivity index (χ1) is 25.1. The van der Waals surface area contributed by atoms with Crippen molar-refractivity contribution in [2.45, 2.75) is 59.0 Å². The monoisotopic (exact) mass is 815 g/mol. The summed E-state index contributed by atoms with van der Waals surface area (Å²) < 4.78 is 8.31. The second kappa shape index (κ2) is 16.2. The van der Waals surface area contributed by atoms with E-state index in [4.69, 9.17) is 9.52 Å². The van der Waals surface area contributed by atoms with Gasteiger partial charge in [0.15, 0.2) is 16.9 Å². The predicted molar refractivity (Wildman–Crippen MR) is 209 cm³/mol. The van der Waals surface area contributed by atoms with E-state index in [1.54, 1.807) is 52.0 Å². The van der Waals surface area contributed by atoms with Gasteiger partial charge in [-0.05, 0) is 80.6 Å². The minimum atomic E-state index is -0.660. The number of alkyl halides is 1. The van der Waals surface area contributed by atoms with Crippen molar-refractivity contribution < 1.29 is 23.9 Å². The van der Waals surface area contributed by atoms with E-state index in [-0.39, 0.29) is 58.7 Å². The van der Waals surface area contributed by atoms with Gasteiger partial charge in [0, 0.05) is 41.5 Å². The molecule has 0 saturated carbocycles. The van der Waals surface area contributed by atoms with Gasteiger partial charge >= 0.3 is 0 Å². The number of nitrogens with zero attached hydrogens (tertiary/aromatic N) is 4. The van der Waals surface area contributed by atoms with Gasteiger partial charge in [-0.15, -0.1) is 0 Å². The van der Waals surface area contributed by atoms with E-state index in [0.29, 0.717) is 36.3 Å². The minimum absolute atomic E-state index is 0.170. The Morgan fingerprint density at radius 2 is 1.77 bits per heavy atom. The summed E-state index contributed by atoms with van der Waals surface area (Å²) >= 11 is 2.31. The topological polar surface area (TPSA) is 138 Å². The van der Waals surface area contributed by atoms with Crippen LogP contribution in [0, 0.1) is 13.8 Å². The summed E-state index contributed by atoms with van der Waals surface area (Å²) in [6.45, 7) is 7.08. The van der Waals surface area contributed by atoms with Crippen molar-refractivity contribution in [3.63, 3.8) is 0 Å². The minimum Gasteiger partial charge on any atom is -0.451 e. The molecule has 0 fully saturated rings. The van der Waals surface area contributed by atoms with Gasteiger partial charge in [-0.25, -0.2) is 4.68 Å². The number of aromatic nitrogens is 2. The summed E-state index contributed by atoms with van der Waals surface area (Å²) in [6.07, 6.45) is 3.19. The first kappa shape index (κ1) is 37.0. The van der Waals surface area contributed by atoms with Gasteiger partial charge in [-0.1, -0.05) is 71.8 Å². The van der Waals surface area contributed by atoms with Crippen molar-refractivity contribution in [2.24, 2.45) is 0 Å². The van der Waals surface area contributed by atoms with Crippen LogP contribution in [0.15, 0.2) is 82.0 Å². The number of aryl methyl sites for hydroxylation is 2. The van der Waals surface area contributed by atoms with Crippen LogP contribution in [0.3, 0.4) is 0 Å². The molecular weight excluding hydrogens is 773 g/mol. The third-order valence-electron chi connectivity index (χ3n) is 9.38. The van der Waals surface area contributed by atoms with Crippen molar-refractivity contribution >= 4 is 57.0 Å². The molecule has 0 aliphatic carbocycles. The number of benzene rings is 3. The number of aliphatic hydroxyl groups excluding tert-OH is 1. The molecule has 52 heavy (non-hydrogen) atoms. The van der Waals surface area contributed by atoms with Crippen molar-refractivity contribution in [1.82, 2.24) is 19.6 Å². The summed E-state index contributed by atoms with van der Waals surface area (Å²) in [5.41, 5.74) is 4.72. The maximum absolute atomic E-state index is 14.6. The lowest BCUT2D eigenvalue weighted by atomic mass is 9.93. The van der Waals surface area contributed by atoms with Crippen molar-refractivity contribution in [1.29, 1.82) is 0 Å². The van der Waals surface area contributed by atoms with E-state index in [2.05, 4.69) is 34.8 Å². The van der Waals surface area contributed by atoms with Gasteiger partial charge in [-0.3, -0.25) is 19.2 Å². The Morgan fingerprint density at radius 3 is 2.52 bits per heavy atom. The fourth-order valence-corrected chi connectivity index (χ4v) is 6.93. The Kier molecular flexibility index (Phi) is 11.5. The molecule has 0 bridgehead atoms. The summed E-state index contributed by atoms with van der Waals surface area (Å²) in [5, 5.41) is 18.3. The van der Waals surface area contributed by atoms with Crippen LogP contribution in [0.25, 0.3) is 16.7 Å². The van der Waals surface area contributed by atoms with Gasteiger partial charge in [-0.2, -0.15) is 5.10 Å². The Hall–Kier alpha value is -4.82. The van der Waals surface area contributed by atoms with Crippen LogP contribution in [0.2, 0.25) is 0 Å². The summed E-state index contributed by atoms with van der Waals surface area (Å²) in [4.78, 5) is 58.1. The van der Waals surface area contributed by atoms with Gasteiger partial charge in [0.2, 0.25) is 0 Å². The molecule has 0 radical (unpaired) electrons. The van der Waals surface area contributed by atoms with Crippen LogP contribution in [-0.4, -0.2) is 72.6 Å². The zero-order valence-electron chi connectivity index (χ0n) is 29.5. The summed E-state index contributed by atoms with van der Waals surface area (Å²) in [7, 11) is 0. The molecule has 0 unspecified atom stereocenters. The van der Waals surface area contributed by atoms with Crippen LogP contribution in [0.4, 0.5) is 5.69 Å². The lowest BCUT2D eigenvalue weighted by Gasteiger charge is -2.36. The largest absolute Gasteiger partial charge is 0.451 e. The summed E-state index contributed by atoms with van der Waals surface area (Å²) in [6, 6.07) is 20.3. The molecule has 12 heteroatoms. The van der Waals surface area contributed by atoms with Gasteiger partial charge < -0.3 is 24.6 Å². The van der Waals surface area contributed by atoms with Crippen molar-refractivity contribution in [2.75, 3.05) is 29.4 Å². The maximum Gasteiger partial charge on any atom is 0.291 e. The molecule has 2 N–H and O–H groups in total. The second-order valence-electron chi connectivity index (χ2n) is 13.2. The molecule has 1 aliphatic heterocycles.